The average molecular weight is 321 g/mol. The smallest absolute Gasteiger partial charge is 0.119 e. The summed E-state index contributed by atoms with van der Waals surface area (Å²) < 4.78 is 11.1. The minimum absolute atomic E-state index is 0.143. The predicted molar refractivity (Wildman–Crippen MR) is 93.1 cm³/mol. The van der Waals surface area contributed by atoms with Gasteiger partial charge in [0.05, 0.1) is 0 Å². The van der Waals surface area contributed by atoms with Crippen molar-refractivity contribution in [3.63, 3.8) is 0 Å². The lowest BCUT2D eigenvalue weighted by molar-refractivity contribution is 0.0159. The molecule has 1 heterocycles. The highest BCUT2D eigenvalue weighted by atomic mass is 16.5. The fourth-order valence-corrected chi connectivity index (χ4v) is 2.90. The van der Waals surface area contributed by atoms with E-state index >= 15 is 0 Å². The van der Waals surface area contributed by atoms with E-state index in [1.165, 1.54) is 5.56 Å². The summed E-state index contributed by atoms with van der Waals surface area (Å²) in [5.74, 6) is 0.811. The fraction of sp³-hybridized carbons (Fsp3) is 0.684. The third-order valence-corrected chi connectivity index (χ3v) is 4.48. The van der Waals surface area contributed by atoms with E-state index in [1.54, 1.807) is 0 Å². The standard InChI is InChI=1S/C19H31NO3/c1-19(2,3)15-5-7-18(8-6-15)23-14-17(21)13-20(4)16-9-11-22-12-10-16/h5-8,16-17,21H,9-14H2,1-4H3. The summed E-state index contributed by atoms with van der Waals surface area (Å²) in [4.78, 5) is 2.22. The summed E-state index contributed by atoms with van der Waals surface area (Å²) in [6, 6.07) is 8.65. The topological polar surface area (TPSA) is 41.9 Å². The van der Waals surface area contributed by atoms with E-state index in [9.17, 15) is 5.11 Å². The number of aliphatic hydroxyl groups excluding tert-OH is 1. The first-order chi connectivity index (χ1) is 10.9. The number of hydrogen-bond donors (Lipinski definition) is 1. The molecular formula is C19H31NO3. The molecule has 1 saturated heterocycles. The molecule has 1 aromatic rings. The molecule has 1 atom stereocenters. The highest BCUT2D eigenvalue weighted by Gasteiger charge is 2.20. The molecule has 1 aliphatic heterocycles. The summed E-state index contributed by atoms with van der Waals surface area (Å²) in [7, 11) is 2.07. The Kier molecular flexibility index (Phi) is 6.45. The van der Waals surface area contributed by atoms with Crippen molar-refractivity contribution in [2.24, 2.45) is 0 Å². The fourth-order valence-electron chi connectivity index (χ4n) is 2.90. The molecule has 4 heteroatoms. The van der Waals surface area contributed by atoms with Crippen molar-refractivity contribution in [2.45, 2.75) is 51.2 Å². The molecule has 0 aliphatic carbocycles. The normalized spacial score (nSPS) is 18.2. The van der Waals surface area contributed by atoms with Crippen molar-refractivity contribution in [3.05, 3.63) is 29.8 Å². The Morgan fingerprint density at radius 2 is 1.83 bits per heavy atom. The van der Waals surface area contributed by atoms with Gasteiger partial charge in [0.2, 0.25) is 0 Å². The minimum Gasteiger partial charge on any atom is -0.491 e. The van der Waals surface area contributed by atoms with Crippen LogP contribution in [0.5, 0.6) is 5.75 Å². The van der Waals surface area contributed by atoms with Gasteiger partial charge in [0.1, 0.15) is 18.5 Å². The van der Waals surface area contributed by atoms with E-state index in [4.69, 9.17) is 9.47 Å². The number of nitrogens with zero attached hydrogens (tertiary/aromatic N) is 1. The van der Waals surface area contributed by atoms with Gasteiger partial charge in [0.15, 0.2) is 0 Å². The van der Waals surface area contributed by atoms with E-state index in [0.717, 1.165) is 31.8 Å². The molecule has 1 N–H and O–H groups in total. The van der Waals surface area contributed by atoms with Gasteiger partial charge < -0.3 is 19.5 Å². The molecule has 0 amide bonds. The predicted octanol–water partition coefficient (Wildman–Crippen LogP) is 2.83. The van der Waals surface area contributed by atoms with Gasteiger partial charge in [-0.25, -0.2) is 0 Å². The molecule has 0 spiro atoms. The summed E-state index contributed by atoms with van der Waals surface area (Å²) in [6.45, 7) is 9.17. The van der Waals surface area contributed by atoms with Crippen molar-refractivity contribution in [1.29, 1.82) is 0 Å². The molecule has 1 aromatic carbocycles. The van der Waals surface area contributed by atoms with Gasteiger partial charge >= 0.3 is 0 Å². The largest absolute Gasteiger partial charge is 0.491 e. The number of likely N-dealkylation sites (N-methyl/N-ethyl adjacent to an activating group) is 1. The maximum Gasteiger partial charge on any atom is 0.119 e. The van der Waals surface area contributed by atoms with Crippen LogP contribution in [0.4, 0.5) is 0 Å². The highest BCUT2D eigenvalue weighted by molar-refractivity contribution is 5.31. The summed E-state index contributed by atoms with van der Waals surface area (Å²) in [5, 5.41) is 10.2. The van der Waals surface area contributed by atoms with Gasteiger partial charge in [-0.3, -0.25) is 0 Å². The first kappa shape index (κ1) is 18.2. The lowest BCUT2D eigenvalue weighted by atomic mass is 9.87. The lowest BCUT2D eigenvalue weighted by Gasteiger charge is -2.32. The van der Waals surface area contributed by atoms with Crippen molar-refractivity contribution < 1.29 is 14.6 Å². The Hall–Kier alpha value is -1.10. The van der Waals surface area contributed by atoms with Crippen LogP contribution in [0.3, 0.4) is 0 Å². The van der Waals surface area contributed by atoms with E-state index in [1.807, 2.05) is 12.1 Å². The van der Waals surface area contributed by atoms with E-state index in [-0.39, 0.29) is 5.41 Å². The first-order valence-electron chi connectivity index (χ1n) is 8.55. The van der Waals surface area contributed by atoms with Gasteiger partial charge in [-0.05, 0) is 43.0 Å². The van der Waals surface area contributed by atoms with Gasteiger partial charge in [-0.15, -0.1) is 0 Å². The van der Waals surface area contributed by atoms with Crippen molar-refractivity contribution in [2.75, 3.05) is 33.4 Å². The molecule has 1 unspecified atom stereocenters. The van der Waals surface area contributed by atoms with Crippen molar-refractivity contribution >= 4 is 0 Å². The number of rotatable bonds is 6. The maximum atomic E-state index is 10.2. The minimum atomic E-state index is -0.481. The number of benzene rings is 1. The molecule has 130 valence electrons. The number of hydrogen-bond acceptors (Lipinski definition) is 4. The van der Waals surface area contributed by atoms with Gasteiger partial charge in [-0.1, -0.05) is 32.9 Å². The molecular weight excluding hydrogens is 290 g/mol. The van der Waals surface area contributed by atoms with Crippen LogP contribution in [-0.4, -0.2) is 55.6 Å². The van der Waals surface area contributed by atoms with Crippen LogP contribution in [0.15, 0.2) is 24.3 Å². The van der Waals surface area contributed by atoms with Crippen LogP contribution in [0, 0.1) is 0 Å². The van der Waals surface area contributed by atoms with E-state index in [2.05, 4.69) is 44.9 Å². The Morgan fingerprint density at radius 3 is 2.39 bits per heavy atom. The maximum absolute atomic E-state index is 10.2. The number of ether oxygens (including phenoxy) is 2. The van der Waals surface area contributed by atoms with Crippen molar-refractivity contribution in [1.82, 2.24) is 4.90 Å². The Morgan fingerprint density at radius 1 is 1.22 bits per heavy atom. The Bertz CT molecular complexity index is 460. The molecule has 0 bridgehead atoms. The van der Waals surface area contributed by atoms with Crippen LogP contribution in [0.2, 0.25) is 0 Å². The Labute approximate surface area is 140 Å². The average Bonchev–Trinajstić information content (AvgIpc) is 2.53. The molecule has 0 radical (unpaired) electrons. The Balaban J connectivity index is 1.76. The molecule has 0 aromatic heterocycles. The molecule has 23 heavy (non-hydrogen) atoms. The zero-order valence-corrected chi connectivity index (χ0v) is 14.9. The summed E-state index contributed by atoms with van der Waals surface area (Å²) >= 11 is 0. The van der Waals surface area contributed by atoms with Crippen LogP contribution in [0.25, 0.3) is 0 Å². The van der Waals surface area contributed by atoms with Crippen LogP contribution in [0.1, 0.15) is 39.2 Å². The quantitative estimate of drug-likeness (QED) is 0.875. The second-order valence-electron chi connectivity index (χ2n) is 7.52. The van der Waals surface area contributed by atoms with E-state index < -0.39 is 6.10 Å². The van der Waals surface area contributed by atoms with Gasteiger partial charge in [-0.2, -0.15) is 0 Å². The SMILES string of the molecule is CN(CC(O)COc1ccc(C(C)(C)C)cc1)C1CCOCC1. The van der Waals surface area contributed by atoms with Crippen LogP contribution in [-0.2, 0) is 10.2 Å². The van der Waals surface area contributed by atoms with Gasteiger partial charge in [0.25, 0.3) is 0 Å². The molecule has 4 nitrogen and oxygen atoms in total. The second kappa shape index (κ2) is 8.13. The van der Waals surface area contributed by atoms with E-state index in [0.29, 0.717) is 19.2 Å². The zero-order chi connectivity index (χ0) is 16.9. The van der Waals surface area contributed by atoms with Gasteiger partial charge in [0, 0.05) is 25.8 Å². The third-order valence-electron chi connectivity index (χ3n) is 4.48. The lowest BCUT2D eigenvalue weighted by Crippen LogP contribution is -2.42. The van der Waals surface area contributed by atoms with Crippen LogP contribution >= 0.6 is 0 Å². The number of aliphatic hydroxyl groups is 1. The van der Waals surface area contributed by atoms with Crippen LogP contribution < -0.4 is 4.74 Å². The monoisotopic (exact) mass is 321 g/mol. The van der Waals surface area contributed by atoms with Crippen molar-refractivity contribution in [3.8, 4) is 5.75 Å². The second-order valence-corrected chi connectivity index (χ2v) is 7.52. The molecule has 0 saturated carbocycles. The molecule has 2 rings (SSSR count). The molecule has 1 aliphatic rings. The highest BCUT2D eigenvalue weighted by Crippen LogP contribution is 2.24. The summed E-state index contributed by atoms with van der Waals surface area (Å²) in [5.41, 5.74) is 1.43. The third kappa shape index (κ3) is 5.79. The summed E-state index contributed by atoms with van der Waals surface area (Å²) in [6.07, 6.45) is 1.60. The zero-order valence-electron chi connectivity index (χ0n) is 14.9. The first-order valence-corrected chi connectivity index (χ1v) is 8.55. The molecule has 1 fully saturated rings.